The van der Waals surface area contributed by atoms with Crippen LogP contribution in [0.25, 0.3) is 0 Å². The van der Waals surface area contributed by atoms with Crippen LogP contribution in [0, 0.1) is 10.5 Å². The smallest absolute Gasteiger partial charge is 0.296 e. The molecule has 5 heteroatoms. The number of piperazine rings is 1. The number of benzene rings is 1. The van der Waals surface area contributed by atoms with Crippen LogP contribution >= 0.6 is 0 Å². The van der Waals surface area contributed by atoms with Gasteiger partial charge in [0, 0.05) is 37.9 Å². The molecule has 0 atom stereocenters. The predicted molar refractivity (Wildman–Crippen MR) is 93.0 cm³/mol. The summed E-state index contributed by atoms with van der Waals surface area (Å²) in [5, 5.41) is 0. The van der Waals surface area contributed by atoms with E-state index in [9.17, 15) is 4.79 Å². The van der Waals surface area contributed by atoms with Crippen LogP contribution in [-0.4, -0.2) is 42.0 Å². The van der Waals surface area contributed by atoms with Crippen LogP contribution in [0.15, 0.2) is 36.5 Å². The number of pyridine rings is 1. The Morgan fingerprint density at radius 2 is 1.83 bits per heavy atom. The lowest BCUT2D eigenvalue weighted by atomic mass is 10.1. The van der Waals surface area contributed by atoms with Crippen molar-refractivity contribution < 1.29 is 27.4 Å². The molecule has 0 bridgehead atoms. The first-order chi connectivity index (χ1) is 11.6. The molecule has 1 amide bonds. The van der Waals surface area contributed by atoms with Gasteiger partial charge in [0.1, 0.15) is 5.82 Å². The lowest BCUT2D eigenvalue weighted by molar-refractivity contribution is -0.328. The minimum atomic E-state index is 0.127. The first-order valence-electron chi connectivity index (χ1n) is 8.35. The zero-order chi connectivity index (χ0) is 17.1. The van der Waals surface area contributed by atoms with E-state index in [0.717, 1.165) is 44.0 Å². The van der Waals surface area contributed by atoms with Crippen molar-refractivity contribution in [3.8, 4) is 0 Å². The lowest BCUT2D eigenvalue weighted by Crippen LogP contribution is -3.34. The number of aryl methyl sites for hydroxylation is 2. The molecule has 4 nitrogen and oxygen atoms in total. The number of carbonyl (C=O) groups is 1. The fourth-order valence-corrected chi connectivity index (χ4v) is 3.44. The van der Waals surface area contributed by atoms with Crippen molar-refractivity contribution >= 4 is 11.7 Å². The molecule has 0 unspecified atom stereocenters. The van der Waals surface area contributed by atoms with Gasteiger partial charge in [-0.1, -0.05) is 13.0 Å². The maximum atomic E-state index is 12.6. The summed E-state index contributed by atoms with van der Waals surface area (Å²) in [5.41, 5.74) is 3.26. The number of halogens is 1. The van der Waals surface area contributed by atoms with E-state index in [0.29, 0.717) is 0 Å². The first kappa shape index (κ1) is 17.2. The molecule has 1 saturated heterocycles. The molecule has 0 saturated carbocycles. The number of nitrogens with zero attached hydrogens (tertiary/aromatic N) is 3. The highest BCUT2D eigenvalue weighted by Crippen LogP contribution is 2.20. The van der Waals surface area contributed by atoms with Crippen molar-refractivity contribution in [1.29, 1.82) is 0 Å². The van der Waals surface area contributed by atoms with E-state index in [-0.39, 0.29) is 5.91 Å². The molecule has 3 rings (SSSR count). The van der Waals surface area contributed by atoms with Gasteiger partial charge in [0.05, 0.1) is 0 Å². The zero-order valence-electron chi connectivity index (χ0n) is 14.2. The molecule has 1 aromatic carbocycles. The Balaban J connectivity index is 1.65. The topological polar surface area (TPSA) is 36.4 Å². The van der Waals surface area contributed by atoms with Crippen molar-refractivity contribution in [2.45, 2.75) is 20.3 Å². The number of amides is 1. The molecule has 0 aliphatic carbocycles. The number of rotatable bonds is 3. The van der Waals surface area contributed by atoms with E-state index in [2.05, 4.69) is 29.8 Å². The van der Waals surface area contributed by atoms with E-state index in [1.165, 1.54) is 14.7 Å². The van der Waals surface area contributed by atoms with E-state index in [1.54, 1.807) is 0 Å². The Bertz CT molecular complexity index is 722. The van der Waals surface area contributed by atoms with Gasteiger partial charge >= 0.3 is 0 Å². The van der Waals surface area contributed by atoms with E-state index >= 15 is 0 Å². The molecular formula is C19H23IN3O+. The van der Waals surface area contributed by atoms with Crippen molar-refractivity contribution in [2.75, 3.05) is 31.1 Å². The molecule has 126 valence electrons. The SMILES string of the molecule is CCc1cnc(N2CCN(C(=O)c3ccc([IH+])cc3)CC2)c(C)c1. The molecule has 1 aromatic heterocycles. The number of carbonyl (C=O) groups excluding carboxylic acids is 1. The third kappa shape index (κ3) is 3.71. The minimum absolute atomic E-state index is 0.127. The largest absolute Gasteiger partial charge is 0.353 e. The number of anilines is 1. The molecule has 0 radical (unpaired) electrons. The van der Waals surface area contributed by atoms with Crippen molar-refractivity contribution in [3.05, 3.63) is 56.8 Å². The highest BCUT2D eigenvalue weighted by Gasteiger charge is 2.23. The van der Waals surface area contributed by atoms with Crippen LogP contribution in [0.3, 0.4) is 0 Å². The van der Waals surface area contributed by atoms with Gasteiger partial charge in [0.15, 0.2) is 3.57 Å². The van der Waals surface area contributed by atoms with Gasteiger partial charge in [-0.05, 0) is 48.7 Å². The van der Waals surface area contributed by atoms with Crippen LogP contribution in [0.2, 0.25) is 0 Å². The lowest BCUT2D eigenvalue weighted by Gasteiger charge is -2.36. The molecule has 0 N–H and O–H groups in total. The number of aromatic nitrogens is 1. The Morgan fingerprint density at radius 1 is 1.17 bits per heavy atom. The van der Waals surface area contributed by atoms with Gasteiger partial charge < -0.3 is 9.80 Å². The molecule has 1 aliphatic rings. The van der Waals surface area contributed by atoms with E-state index < -0.39 is 0 Å². The van der Waals surface area contributed by atoms with Crippen LogP contribution in [0.1, 0.15) is 28.4 Å². The molecule has 1 aliphatic heterocycles. The molecule has 1 fully saturated rings. The van der Waals surface area contributed by atoms with Gasteiger partial charge in [-0.15, -0.1) is 0 Å². The summed E-state index contributed by atoms with van der Waals surface area (Å²) >= 11 is 1.96. The predicted octanol–water partition coefficient (Wildman–Crippen LogP) is -0.630. The van der Waals surface area contributed by atoms with E-state index in [1.807, 2.05) is 58.0 Å². The van der Waals surface area contributed by atoms with Gasteiger partial charge in [0.2, 0.25) is 0 Å². The van der Waals surface area contributed by atoms with Crippen LogP contribution in [0.5, 0.6) is 0 Å². The van der Waals surface area contributed by atoms with Gasteiger partial charge in [0.25, 0.3) is 28.5 Å². The quantitative estimate of drug-likeness (QED) is 0.602. The Hall–Kier alpha value is -1.63. The number of hydrogen-bond donors (Lipinski definition) is 0. The van der Waals surface area contributed by atoms with Crippen molar-refractivity contribution in [1.82, 2.24) is 9.88 Å². The monoisotopic (exact) mass is 436 g/mol. The van der Waals surface area contributed by atoms with Crippen LogP contribution < -0.4 is 27.5 Å². The summed E-state index contributed by atoms with van der Waals surface area (Å²) < 4.78 is 1.18. The van der Waals surface area contributed by atoms with Gasteiger partial charge in [-0.3, -0.25) is 4.79 Å². The second kappa shape index (κ2) is 7.51. The third-order valence-electron chi connectivity index (χ3n) is 4.48. The highest BCUT2D eigenvalue weighted by molar-refractivity contribution is 5.94. The van der Waals surface area contributed by atoms with Gasteiger partial charge in [-0.25, -0.2) is 4.98 Å². The fraction of sp³-hybridized carbons (Fsp3) is 0.368. The highest BCUT2D eigenvalue weighted by atomic mass is 127. The molecule has 24 heavy (non-hydrogen) atoms. The van der Waals surface area contributed by atoms with Gasteiger partial charge in [-0.2, -0.15) is 0 Å². The first-order valence-corrected chi connectivity index (χ1v) is 9.52. The van der Waals surface area contributed by atoms with E-state index in [4.69, 9.17) is 0 Å². The molecule has 2 aromatic rings. The maximum absolute atomic E-state index is 12.6. The summed E-state index contributed by atoms with van der Waals surface area (Å²) in [4.78, 5) is 21.5. The van der Waals surface area contributed by atoms with Crippen molar-refractivity contribution in [3.63, 3.8) is 0 Å². The second-order valence-corrected chi connectivity index (χ2v) is 7.49. The third-order valence-corrected chi connectivity index (χ3v) is 5.26. The Kier molecular flexibility index (Phi) is 5.38. The molecular weight excluding hydrogens is 413 g/mol. The second-order valence-electron chi connectivity index (χ2n) is 6.14. The average Bonchev–Trinajstić information content (AvgIpc) is 2.62. The van der Waals surface area contributed by atoms with Crippen molar-refractivity contribution in [2.24, 2.45) is 0 Å². The summed E-state index contributed by atoms with van der Waals surface area (Å²) in [6.07, 6.45) is 2.97. The standard InChI is InChI=1S/C19H23IN3O/c1-3-15-12-14(2)18(21-13-15)22-8-10-23(11-9-22)19(24)16-4-6-17(20)7-5-16/h4-7,12-13,20H,3,8-11H2,1-2H3/q+1. The van der Waals surface area contributed by atoms with Crippen LogP contribution in [0.4, 0.5) is 5.82 Å². The fourth-order valence-electron chi connectivity index (χ4n) is 3.05. The molecule has 0 spiro atoms. The summed E-state index contributed by atoms with van der Waals surface area (Å²) in [6, 6.07) is 10.0. The zero-order valence-corrected chi connectivity index (χ0v) is 16.5. The Labute approximate surface area is 157 Å². The summed E-state index contributed by atoms with van der Waals surface area (Å²) in [5.74, 6) is 1.18. The maximum Gasteiger partial charge on any atom is 0.296 e. The number of hydrogen-bond acceptors (Lipinski definition) is 3. The minimum Gasteiger partial charge on any atom is -0.353 e. The summed E-state index contributed by atoms with van der Waals surface area (Å²) in [7, 11) is 0. The Morgan fingerprint density at radius 3 is 2.42 bits per heavy atom. The summed E-state index contributed by atoms with van der Waals surface area (Å²) in [6.45, 7) is 7.40. The van der Waals surface area contributed by atoms with Crippen LogP contribution in [-0.2, 0) is 6.42 Å². The molecule has 2 heterocycles. The average molecular weight is 436 g/mol. The normalized spacial score (nSPS) is 14.8.